The summed E-state index contributed by atoms with van der Waals surface area (Å²) in [6.07, 6.45) is -3.03. The summed E-state index contributed by atoms with van der Waals surface area (Å²) in [6, 6.07) is 8.72. The molecule has 1 aromatic heterocycles. The van der Waals surface area contributed by atoms with E-state index < -0.39 is 6.36 Å². The Balaban J connectivity index is 1.89. The maximum Gasteiger partial charge on any atom is 0.573 e. The first-order chi connectivity index (χ1) is 11.8. The molecule has 0 saturated heterocycles. The Labute approximate surface area is 146 Å². The highest BCUT2D eigenvalue weighted by atomic mass is 35.5. The quantitative estimate of drug-likeness (QED) is 0.705. The third-order valence-corrected chi connectivity index (χ3v) is 3.84. The summed E-state index contributed by atoms with van der Waals surface area (Å²) in [5.41, 5.74) is 0.690. The van der Waals surface area contributed by atoms with E-state index in [0.29, 0.717) is 27.1 Å². The van der Waals surface area contributed by atoms with Gasteiger partial charge in [0.15, 0.2) is 0 Å². The SMILES string of the molecule is COc1cc(Cl)cc2cn(Cc3ccc(OC(F)(F)F)cc3)c(O)c12. The van der Waals surface area contributed by atoms with E-state index in [0.717, 1.165) is 0 Å². The first-order valence-corrected chi connectivity index (χ1v) is 7.54. The second kappa shape index (κ2) is 6.40. The lowest BCUT2D eigenvalue weighted by molar-refractivity contribution is -0.274. The molecule has 0 saturated carbocycles. The molecule has 132 valence electrons. The van der Waals surface area contributed by atoms with Gasteiger partial charge in [-0.3, -0.25) is 0 Å². The van der Waals surface area contributed by atoms with Crippen molar-refractivity contribution in [1.29, 1.82) is 0 Å². The van der Waals surface area contributed by atoms with Gasteiger partial charge in [0.1, 0.15) is 11.5 Å². The maximum atomic E-state index is 12.2. The van der Waals surface area contributed by atoms with Crippen LogP contribution >= 0.6 is 11.6 Å². The summed E-state index contributed by atoms with van der Waals surface area (Å²) < 4.78 is 47.2. The molecule has 4 nitrogen and oxygen atoms in total. The van der Waals surface area contributed by atoms with Crippen molar-refractivity contribution >= 4 is 22.4 Å². The van der Waals surface area contributed by atoms with E-state index in [4.69, 9.17) is 16.3 Å². The van der Waals surface area contributed by atoms with Gasteiger partial charge in [0, 0.05) is 16.6 Å². The van der Waals surface area contributed by atoms with E-state index in [9.17, 15) is 18.3 Å². The van der Waals surface area contributed by atoms with E-state index in [1.165, 1.54) is 31.4 Å². The van der Waals surface area contributed by atoms with Crippen molar-refractivity contribution in [3.05, 3.63) is 53.2 Å². The minimum absolute atomic E-state index is 0.0147. The zero-order valence-electron chi connectivity index (χ0n) is 13.0. The average Bonchev–Trinajstić information content (AvgIpc) is 2.83. The Morgan fingerprint density at radius 2 is 1.84 bits per heavy atom. The van der Waals surface area contributed by atoms with Gasteiger partial charge in [0.25, 0.3) is 0 Å². The summed E-state index contributed by atoms with van der Waals surface area (Å²) in [7, 11) is 1.47. The molecule has 0 amide bonds. The minimum Gasteiger partial charge on any atom is -0.496 e. The number of aromatic hydroxyl groups is 1. The molecule has 0 aliphatic rings. The Morgan fingerprint density at radius 1 is 1.16 bits per heavy atom. The molecule has 1 N–H and O–H groups in total. The van der Waals surface area contributed by atoms with Gasteiger partial charge in [-0.15, -0.1) is 13.2 Å². The van der Waals surface area contributed by atoms with Crippen LogP contribution in [0.1, 0.15) is 5.56 Å². The van der Waals surface area contributed by atoms with E-state index in [1.807, 2.05) is 0 Å². The van der Waals surface area contributed by atoms with Crippen LogP contribution in [0.5, 0.6) is 17.4 Å². The van der Waals surface area contributed by atoms with Crippen LogP contribution in [0.3, 0.4) is 0 Å². The van der Waals surface area contributed by atoms with Crippen LogP contribution < -0.4 is 9.47 Å². The smallest absolute Gasteiger partial charge is 0.496 e. The van der Waals surface area contributed by atoms with Crippen molar-refractivity contribution in [2.45, 2.75) is 12.9 Å². The Kier molecular flexibility index (Phi) is 4.43. The van der Waals surface area contributed by atoms with E-state index in [2.05, 4.69) is 4.74 Å². The average molecular weight is 372 g/mol. The lowest BCUT2D eigenvalue weighted by Gasteiger charge is -2.10. The molecule has 0 atom stereocenters. The molecular formula is C17H13ClF3NO3. The number of halogens is 4. The van der Waals surface area contributed by atoms with Gasteiger partial charge in [-0.2, -0.15) is 0 Å². The molecule has 0 fully saturated rings. The maximum absolute atomic E-state index is 12.2. The van der Waals surface area contributed by atoms with Crippen LogP contribution in [0.15, 0.2) is 42.6 Å². The second-order valence-electron chi connectivity index (χ2n) is 5.34. The summed E-state index contributed by atoms with van der Waals surface area (Å²) in [5.74, 6) is 0.124. The number of methoxy groups -OCH3 is 1. The summed E-state index contributed by atoms with van der Waals surface area (Å²) in [6.45, 7) is 0.258. The standard InChI is InChI=1S/C17H13ClF3NO3/c1-24-14-7-12(18)6-11-9-22(16(23)15(11)14)8-10-2-4-13(5-3-10)25-17(19,20)21/h2-7,9,23H,8H2,1H3. The van der Waals surface area contributed by atoms with E-state index >= 15 is 0 Å². The highest BCUT2D eigenvalue weighted by molar-refractivity contribution is 6.31. The number of ether oxygens (including phenoxy) is 2. The number of rotatable bonds is 4. The Morgan fingerprint density at radius 3 is 2.44 bits per heavy atom. The molecule has 0 spiro atoms. The Bertz CT molecular complexity index is 904. The van der Waals surface area contributed by atoms with Crippen molar-refractivity contribution in [3.63, 3.8) is 0 Å². The van der Waals surface area contributed by atoms with Gasteiger partial charge in [-0.1, -0.05) is 23.7 Å². The van der Waals surface area contributed by atoms with Crippen LogP contribution in [0, 0.1) is 0 Å². The van der Waals surface area contributed by atoms with Crippen molar-refractivity contribution in [3.8, 4) is 17.4 Å². The number of aromatic nitrogens is 1. The van der Waals surface area contributed by atoms with E-state index in [-0.39, 0.29) is 18.2 Å². The van der Waals surface area contributed by atoms with Crippen LogP contribution in [0.2, 0.25) is 5.02 Å². The van der Waals surface area contributed by atoms with Gasteiger partial charge in [0.05, 0.1) is 19.0 Å². The Hall–Kier alpha value is -2.54. The van der Waals surface area contributed by atoms with Crippen molar-refractivity contribution in [2.75, 3.05) is 7.11 Å². The molecule has 0 unspecified atom stereocenters. The van der Waals surface area contributed by atoms with Gasteiger partial charge >= 0.3 is 6.36 Å². The molecule has 3 rings (SSSR count). The largest absolute Gasteiger partial charge is 0.573 e. The van der Waals surface area contributed by atoms with Crippen LogP contribution in [0.25, 0.3) is 10.8 Å². The molecule has 0 bridgehead atoms. The monoisotopic (exact) mass is 371 g/mol. The third-order valence-electron chi connectivity index (χ3n) is 3.62. The number of nitrogens with zero attached hydrogens (tertiary/aromatic N) is 1. The zero-order chi connectivity index (χ0) is 18.2. The molecule has 0 aliphatic carbocycles. The fourth-order valence-electron chi connectivity index (χ4n) is 2.59. The number of alkyl halides is 3. The lowest BCUT2D eigenvalue weighted by atomic mass is 10.2. The van der Waals surface area contributed by atoms with Crippen LogP contribution in [0.4, 0.5) is 13.2 Å². The fraction of sp³-hybridized carbons (Fsp3) is 0.176. The summed E-state index contributed by atoms with van der Waals surface area (Å²) in [4.78, 5) is 0. The zero-order valence-corrected chi connectivity index (χ0v) is 13.7. The number of benzene rings is 2. The fourth-order valence-corrected chi connectivity index (χ4v) is 2.81. The minimum atomic E-state index is -4.73. The normalized spacial score (nSPS) is 11.7. The van der Waals surface area contributed by atoms with Gasteiger partial charge < -0.3 is 19.1 Å². The molecule has 25 heavy (non-hydrogen) atoms. The predicted molar refractivity (Wildman–Crippen MR) is 87.4 cm³/mol. The molecule has 0 radical (unpaired) electrons. The highest BCUT2D eigenvalue weighted by Crippen LogP contribution is 2.38. The molecule has 0 aliphatic heterocycles. The summed E-state index contributed by atoms with van der Waals surface area (Å²) >= 11 is 6.02. The number of hydrogen-bond donors (Lipinski definition) is 1. The third kappa shape index (κ3) is 3.76. The van der Waals surface area contributed by atoms with E-state index in [1.54, 1.807) is 22.9 Å². The van der Waals surface area contributed by atoms with Crippen molar-refractivity contribution in [1.82, 2.24) is 4.57 Å². The van der Waals surface area contributed by atoms with Gasteiger partial charge in [-0.25, -0.2) is 0 Å². The topological polar surface area (TPSA) is 43.6 Å². The van der Waals surface area contributed by atoms with Gasteiger partial charge in [0.2, 0.25) is 5.88 Å². The number of fused-ring (bicyclic) bond motifs is 1. The molecule has 1 heterocycles. The lowest BCUT2D eigenvalue weighted by Crippen LogP contribution is -2.17. The predicted octanol–water partition coefficient (Wildman–Crippen LogP) is 4.96. The number of hydrogen-bond acceptors (Lipinski definition) is 3. The molecule has 3 aromatic rings. The van der Waals surface area contributed by atoms with Crippen LogP contribution in [-0.4, -0.2) is 23.1 Å². The van der Waals surface area contributed by atoms with Crippen LogP contribution in [-0.2, 0) is 6.54 Å². The van der Waals surface area contributed by atoms with Crippen molar-refractivity contribution in [2.24, 2.45) is 0 Å². The second-order valence-corrected chi connectivity index (χ2v) is 5.78. The highest BCUT2D eigenvalue weighted by Gasteiger charge is 2.30. The molecule has 2 aromatic carbocycles. The first kappa shape index (κ1) is 17.3. The first-order valence-electron chi connectivity index (χ1n) is 7.17. The summed E-state index contributed by atoms with van der Waals surface area (Å²) in [5, 5.41) is 12.1. The molecular weight excluding hydrogens is 359 g/mol. The molecule has 8 heteroatoms. The van der Waals surface area contributed by atoms with Gasteiger partial charge in [-0.05, 0) is 29.8 Å². The van der Waals surface area contributed by atoms with Crippen molar-refractivity contribution < 1.29 is 27.8 Å².